The molecule has 0 fully saturated rings. The summed E-state index contributed by atoms with van der Waals surface area (Å²) in [5, 5.41) is 0. The average molecular weight is 849 g/mol. The van der Waals surface area contributed by atoms with Crippen LogP contribution in [-0.4, -0.2) is 37.2 Å². The minimum atomic E-state index is -0.762. The van der Waals surface area contributed by atoms with Gasteiger partial charge in [0.1, 0.15) is 13.2 Å². The van der Waals surface area contributed by atoms with E-state index in [0.29, 0.717) is 19.3 Å². The molecule has 6 heteroatoms. The van der Waals surface area contributed by atoms with Crippen LogP contribution in [0, 0.1) is 11.8 Å². The number of esters is 3. The van der Waals surface area contributed by atoms with Crippen molar-refractivity contribution in [3.63, 3.8) is 0 Å². The molecule has 0 radical (unpaired) electrons. The highest BCUT2D eigenvalue weighted by atomic mass is 16.6. The van der Waals surface area contributed by atoms with Crippen molar-refractivity contribution in [2.75, 3.05) is 13.2 Å². The first-order valence-electron chi connectivity index (χ1n) is 26.8. The third-order valence-corrected chi connectivity index (χ3v) is 12.6. The lowest BCUT2D eigenvalue weighted by Crippen LogP contribution is -2.30. The molecule has 356 valence electrons. The summed E-state index contributed by atoms with van der Waals surface area (Å²) in [6.45, 7) is 11.4. The second kappa shape index (κ2) is 46.9. The minimum absolute atomic E-state index is 0.0641. The molecule has 0 aromatic carbocycles. The van der Waals surface area contributed by atoms with Gasteiger partial charge in [-0.25, -0.2) is 0 Å². The van der Waals surface area contributed by atoms with Crippen LogP contribution in [-0.2, 0) is 28.6 Å². The Hall–Kier alpha value is -1.59. The van der Waals surface area contributed by atoms with Crippen molar-refractivity contribution in [2.24, 2.45) is 11.8 Å². The first kappa shape index (κ1) is 58.4. The molecule has 2 atom stereocenters. The zero-order valence-corrected chi connectivity index (χ0v) is 41.1. The van der Waals surface area contributed by atoms with Gasteiger partial charge in [0.2, 0.25) is 0 Å². The van der Waals surface area contributed by atoms with Crippen LogP contribution in [0.3, 0.4) is 0 Å². The topological polar surface area (TPSA) is 78.9 Å². The minimum Gasteiger partial charge on any atom is -0.462 e. The Balaban J connectivity index is 4.28. The van der Waals surface area contributed by atoms with E-state index in [1.54, 1.807) is 0 Å². The van der Waals surface area contributed by atoms with Gasteiger partial charge in [0.15, 0.2) is 6.10 Å². The molecule has 0 bridgehead atoms. The maximum Gasteiger partial charge on any atom is 0.306 e. The molecule has 0 rings (SSSR count). The van der Waals surface area contributed by atoms with Gasteiger partial charge in [-0.3, -0.25) is 14.4 Å². The van der Waals surface area contributed by atoms with Crippen LogP contribution in [0.2, 0.25) is 0 Å². The first-order valence-corrected chi connectivity index (χ1v) is 26.8. The summed E-state index contributed by atoms with van der Waals surface area (Å²) in [5.41, 5.74) is 0. The van der Waals surface area contributed by atoms with E-state index >= 15 is 0 Å². The lowest BCUT2D eigenvalue weighted by Gasteiger charge is -2.18. The normalized spacial score (nSPS) is 12.5. The van der Waals surface area contributed by atoms with Gasteiger partial charge in [0, 0.05) is 19.3 Å². The van der Waals surface area contributed by atoms with Gasteiger partial charge in [-0.1, -0.05) is 259 Å². The van der Waals surface area contributed by atoms with E-state index < -0.39 is 6.10 Å². The zero-order valence-electron chi connectivity index (χ0n) is 41.1. The number of unbranched alkanes of at least 4 members (excludes halogenated alkanes) is 32. The molecule has 0 N–H and O–H groups in total. The molecule has 0 amide bonds. The van der Waals surface area contributed by atoms with E-state index in [9.17, 15) is 14.4 Å². The van der Waals surface area contributed by atoms with Gasteiger partial charge in [0.05, 0.1) is 0 Å². The molecule has 60 heavy (non-hydrogen) atoms. The number of hydrogen-bond acceptors (Lipinski definition) is 6. The summed E-state index contributed by atoms with van der Waals surface area (Å²) in [7, 11) is 0. The fourth-order valence-corrected chi connectivity index (χ4v) is 8.13. The lowest BCUT2D eigenvalue weighted by atomic mass is 10.00. The molecule has 6 nitrogen and oxygen atoms in total. The summed E-state index contributed by atoms with van der Waals surface area (Å²) >= 11 is 0. The van der Waals surface area contributed by atoms with Crippen LogP contribution in [0.25, 0.3) is 0 Å². The number of carbonyl (C=O) groups excluding carboxylic acids is 3. The second-order valence-electron chi connectivity index (χ2n) is 19.2. The fraction of sp³-hybridized carbons (Fsp3) is 0.944. The van der Waals surface area contributed by atoms with Crippen LogP contribution in [0.4, 0.5) is 0 Å². The highest BCUT2D eigenvalue weighted by Gasteiger charge is 2.19. The van der Waals surface area contributed by atoms with Gasteiger partial charge in [-0.05, 0) is 31.1 Å². The second-order valence-corrected chi connectivity index (χ2v) is 19.2. The predicted molar refractivity (Wildman–Crippen MR) is 256 cm³/mol. The van der Waals surface area contributed by atoms with Crippen molar-refractivity contribution in [2.45, 2.75) is 304 Å². The van der Waals surface area contributed by atoms with Gasteiger partial charge >= 0.3 is 17.9 Å². The van der Waals surface area contributed by atoms with E-state index in [2.05, 4.69) is 34.6 Å². The highest BCUT2D eigenvalue weighted by Crippen LogP contribution is 2.18. The quantitative estimate of drug-likeness (QED) is 0.0345. The summed E-state index contributed by atoms with van der Waals surface area (Å²) in [6.07, 6.45) is 48.1. The van der Waals surface area contributed by atoms with Crippen molar-refractivity contribution >= 4 is 17.9 Å². The summed E-state index contributed by atoms with van der Waals surface area (Å²) in [4.78, 5) is 38.0. The Kier molecular flexibility index (Phi) is 45.7. The first-order chi connectivity index (χ1) is 29.3. The molecular weight excluding hydrogens is 745 g/mol. The molecule has 0 aliphatic carbocycles. The van der Waals surface area contributed by atoms with E-state index in [0.717, 1.165) is 69.6 Å². The smallest absolute Gasteiger partial charge is 0.306 e. The van der Waals surface area contributed by atoms with Crippen molar-refractivity contribution < 1.29 is 28.6 Å². The van der Waals surface area contributed by atoms with E-state index in [1.165, 1.54) is 186 Å². The molecular formula is C54H104O6. The molecule has 0 spiro atoms. The van der Waals surface area contributed by atoms with Crippen molar-refractivity contribution in [1.82, 2.24) is 0 Å². The molecule has 0 aliphatic rings. The number of ether oxygens (including phenoxy) is 3. The maximum atomic E-state index is 12.8. The van der Waals surface area contributed by atoms with Gasteiger partial charge < -0.3 is 14.2 Å². The molecule has 0 saturated carbocycles. The fourth-order valence-electron chi connectivity index (χ4n) is 8.13. The molecule has 0 saturated heterocycles. The van der Waals surface area contributed by atoms with Crippen LogP contribution >= 0.6 is 0 Å². The van der Waals surface area contributed by atoms with E-state index in [1.807, 2.05) is 0 Å². The lowest BCUT2D eigenvalue weighted by molar-refractivity contribution is -0.167. The Morgan fingerprint density at radius 1 is 0.350 bits per heavy atom. The predicted octanol–water partition coefficient (Wildman–Crippen LogP) is 17.3. The number of hydrogen-bond donors (Lipinski definition) is 0. The monoisotopic (exact) mass is 849 g/mol. The molecule has 0 aliphatic heterocycles. The van der Waals surface area contributed by atoms with Gasteiger partial charge in [-0.2, -0.15) is 0 Å². The van der Waals surface area contributed by atoms with E-state index in [4.69, 9.17) is 14.2 Å². The Morgan fingerprint density at radius 3 is 0.950 bits per heavy atom. The molecule has 0 aromatic rings. The largest absolute Gasteiger partial charge is 0.462 e. The van der Waals surface area contributed by atoms with Gasteiger partial charge in [-0.15, -0.1) is 0 Å². The number of carbonyl (C=O) groups is 3. The highest BCUT2D eigenvalue weighted by molar-refractivity contribution is 5.71. The SMILES string of the molecule is CCCCCCCCCCCCCCCCCCC(=O)O[C@H](COC(=O)CCCCCCCCCCCCCCCC(C)C)COC(=O)CCCCCCCCC(C)CC. The summed E-state index contributed by atoms with van der Waals surface area (Å²) < 4.78 is 16.8. The van der Waals surface area contributed by atoms with Crippen LogP contribution in [0.5, 0.6) is 0 Å². The maximum absolute atomic E-state index is 12.8. The third-order valence-electron chi connectivity index (χ3n) is 12.6. The Morgan fingerprint density at radius 2 is 0.633 bits per heavy atom. The average Bonchev–Trinajstić information content (AvgIpc) is 3.23. The van der Waals surface area contributed by atoms with Crippen LogP contribution in [0.1, 0.15) is 298 Å². The molecule has 1 unspecified atom stereocenters. The summed E-state index contributed by atoms with van der Waals surface area (Å²) in [6, 6.07) is 0. The van der Waals surface area contributed by atoms with Crippen LogP contribution in [0.15, 0.2) is 0 Å². The standard InChI is InChI=1S/C54H104O6/c1-6-8-9-10-11-12-13-14-15-16-19-23-26-29-36-41-46-54(57)60-51(48-59-53(56)45-40-35-31-30-33-38-43-50(5)7-2)47-58-52(55)44-39-34-28-25-22-20-17-18-21-24-27-32-37-42-49(3)4/h49-51H,6-48H2,1-5H3/t50?,51-/m1/s1. The Labute approximate surface area is 374 Å². The number of rotatable bonds is 48. The van der Waals surface area contributed by atoms with Crippen molar-refractivity contribution in [3.8, 4) is 0 Å². The van der Waals surface area contributed by atoms with Crippen molar-refractivity contribution in [1.29, 1.82) is 0 Å². The zero-order chi connectivity index (χ0) is 44.0. The van der Waals surface area contributed by atoms with Gasteiger partial charge in [0.25, 0.3) is 0 Å². The Bertz CT molecular complexity index is 918. The van der Waals surface area contributed by atoms with Crippen molar-refractivity contribution in [3.05, 3.63) is 0 Å². The molecule has 0 aromatic heterocycles. The van der Waals surface area contributed by atoms with E-state index in [-0.39, 0.29) is 31.1 Å². The summed E-state index contributed by atoms with van der Waals surface area (Å²) in [5.74, 6) is 0.805. The third kappa shape index (κ3) is 45.9. The molecule has 0 heterocycles. The van der Waals surface area contributed by atoms with Crippen LogP contribution < -0.4 is 0 Å².